The van der Waals surface area contributed by atoms with Gasteiger partial charge < -0.3 is 9.47 Å². The van der Waals surface area contributed by atoms with Crippen molar-refractivity contribution in [3.8, 4) is 0 Å². The Bertz CT molecular complexity index is 1090. The topological polar surface area (TPSA) is 52.6 Å². The molecule has 0 spiro atoms. The minimum atomic E-state index is -9.66. The van der Waals surface area contributed by atoms with Gasteiger partial charge in [-0.15, -0.1) is 0 Å². The van der Waals surface area contributed by atoms with Gasteiger partial charge in [-0.2, -0.15) is 101 Å². The second-order valence-corrected chi connectivity index (χ2v) is 7.88. The first kappa shape index (κ1) is 41.3. The Balaban J connectivity index is 7.59. The second-order valence-electron chi connectivity index (χ2n) is 7.88. The molecule has 0 aliphatic heterocycles. The van der Waals surface area contributed by atoms with Gasteiger partial charge in [0, 0.05) is 0 Å². The number of ether oxygens (including phenoxy) is 2. The van der Waals surface area contributed by atoms with Crippen LogP contribution in [-0.4, -0.2) is 97.2 Å². The van der Waals surface area contributed by atoms with Crippen molar-refractivity contribution in [2.75, 3.05) is 14.2 Å². The highest BCUT2D eigenvalue weighted by Gasteiger charge is 3.00. The molecule has 0 rings (SSSR count). The van der Waals surface area contributed by atoms with Gasteiger partial charge in [0.25, 0.3) is 0 Å². The van der Waals surface area contributed by atoms with Gasteiger partial charge in [0.05, 0.1) is 14.2 Å². The summed E-state index contributed by atoms with van der Waals surface area (Å²) in [5, 5.41) is 0. The van der Waals surface area contributed by atoms with Crippen molar-refractivity contribution < 1.29 is 124 Å². The smallest absolute Gasteiger partial charge is 0.460 e. The Kier molecular flexibility index (Phi) is 9.75. The molecule has 0 atom stereocenters. The fraction of sp³-hybridized carbons (Fsp3) is 0.875. The van der Waals surface area contributed by atoms with Crippen LogP contribution in [0.1, 0.15) is 0 Å². The van der Waals surface area contributed by atoms with E-state index in [2.05, 4.69) is 9.47 Å². The summed E-state index contributed by atoms with van der Waals surface area (Å²) in [6.07, 6.45) is -8.20. The van der Waals surface area contributed by atoms with E-state index in [1.54, 1.807) is 0 Å². The minimum absolute atomic E-state index is 0.365. The van der Waals surface area contributed by atoms with Gasteiger partial charge in [-0.05, 0) is 0 Å². The molecule has 0 fully saturated rings. The molecule has 0 unspecified atom stereocenters. The molecule has 262 valence electrons. The van der Waals surface area contributed by atoms with Crippen molar-refractivity contribution >= 4 is 11.9 Å². The molecule has 0 heterocycles. The van der Waals surface area contributed by atoms with Crippen LogP contribution in [0, 0.1) is 0 Å². The zero-order chi connectivity index (χ0) is 36.6. The van der Waals surface area contributed by atoms with E-state index in [1.807, 2.05) is 0 Å². The number of halogens is 24. The fourth-order valence-corrected chi connectivity index (χ4v) is 2.59. The van der Waals surface area contributed by atoms with Crippen LogP contribution in [0.3, 0.4) is 0 Å². The highest BCUT2D eigenvalue weighted by molar-refractivity contribution is 6.05. The SMILES string of the molecule is COC(=O)C(F)(C(=O)OC)C(F)(F)C(F)(F)C(F)(F)C(F)(F)C(F)(F)C(F)(F)C(F)(F)C(F)(F)C(F)(F)C(F)(F)C(F)(F)F. The maximum atomic E-state index is 14.4. The molecule has 0 aromatic rings. The van der Waals surface area contributed by atoms with E-state index in [0.29, 0.717) is 0 Å². The van der Waals surface area contributed by atoms with Crippen LogP contribution in [0.2, 0.25) is 0 Å². The number of esters is 2. The normalized spacial score (nSPS) is 16.1. The van der Waals surface area contributed by atoms with Crippen molar-refractivity contribution in [1.29, 1.82) is 0 Å². The highest BCUT2D eigenvalue weighted by Crippen LogP contribution is 2.67. The first-order valence-corrected chi connectivity index (χ1v) is 9.42. The van der Waals surface area contributed by atoms with Crippen LogP contribution in [0.4, 0.5) is 105 Å². The largest absolute Gasteiger partial charge is 0.466 e. The lowest BCUT2D eigenvalue weighted by atomic mass is 9.82. The van der Waals surface area contributed by atoms with Gasteiger partial charge in [-0.3, -0.25) is 0 Å². The van der Waals surface area contributed by atoms with Crippen LogP contribution >= 0.6 is 0 Å². The minimum Gasteiger partial charge on any atom is -0.466 e. The number of hydrogen-bond acceptors (Lipinski definition) is 4. The molecule has 0 aliphatic rings. The molecule has 0 saturated carbocycles. The van der Waals surface area contributed by atoms with E-state index in [9.17, 15) is 115 Å². The van der Waals surface area contributed by atoms with Crippen molar-refractivity contribution in [1.82, 2.24) is 0 Å². The van der Waals surface area contributed by atoms with Crippen LogP contribution < -0.4 is 0 Å². The van der Waals surface area contributed by atoms with E-state index >= 15 is 0 Å². The molecule has 44 heavy (non-hydrogen) atoms. The average molecular weight is 718 g/mol. The summed E-state index contributed by atoms with van der Waals surface area (Å²) in [6, 6.07) is 0. The molecule has 0 amide bonds. The van der Waals surface area contributed by atoms with Crippen LogP contribution in [0.15, 0.2) is 0 Å². The van der Waals surface area contributed by atoms with Crippen LogP contribution in [-0.2, 0) is 19.1 Å². The van der Waals surface area contributed by atoms with Crippen molar-refractivity contribution in [3.05, 3.63) is 0 Å². The number of carbonyl (C=O) groups is 2. The van der Waals surface area contributed by atoms with Gasteiger partial charge in [-0.1, -0.05) is 0 Å². The first-order valence-electron chi connectivity index (χ1n) is 9.42. The Morgan fingerprint density at radius 1 is 0.318 bits per heavy atom. The van der Waals surface area contributed by atoms with Crippen molar-refractivity contribution in [3.63, 3.8) is 0 Å². The molecule has 0 aromatic carbocycles. The number of hydrogen-bond donors (Lipinski definition) is 0. The van der Waals surface area contributed by atoms with Gasteiger partial charge >= 0.3 is 83.0 Å². The Morgan fingerprint density at radius 2 is 0.477 bits per heavy atom. The maximum Gasteiger partial charge on any atom is 0.460 e. The van der Waals surface area contributed by atoms with Gasteiger partial charge in [-0.25, -0.2) is 14.0 Å². The van der Waals surface area contributed by atoms with Crippen LogP contribution in [0.5, 0.6) is 0 Å². The lowest BCUT2D eigenvalue weighted by molar-refractivity contribution is -0.479. The number of carbonyl (C=O) groups excluding carboxylic acids is 2. The Labute approximate surface area is 223 Å². The van der Waals surface area contributed by atoms with Gasteiger partial charge in [0.2, 0.25) is 0 Å². The van der Waals surface area contributed by atoms with Crippen molar-refractivity contribution in [2.45, 2.75) is 71.1 Å². The fourth-order valence-electron chi connectivity index (χ4n) is 2.59. The summed E-state index contributed by atoms with van der Waals surface area (Å²) >= 11 is 0. The van der Waals surface area contributed by atoms with E-state index in [0.717, 1.165) is 0 Å². The molecule has 0 bridgehead atoms. The van der Waals surface area contributed by atoms with E-state index in [-0.39, 0.29) is 14.2 Å². The molecule has 0 radical (unpaired) electrons. The summed E-state index contributed by atoms with van der Waals surface area (Å²) in [7, 11) is -0.731. The molecule has 0 aliphatic carbocycles. The molecule has 0 aromatic heterocycles. The van der Waals surface area contributed by atoms with Crippen molar-refractivity contribution in [2.24, 2.45) is 0 Å². The number of rotatable bonds is 12. The predicted octanol–water partition coefficient (Wildman–Crippen LogP) is 6.96. The summed E-state index contributed by atoms with van der Waals surface area (Å²) in [5.74, 6) is -100. The third-order valence-electron chi connectivity index (χ3n) is 5.27. The molecule has 4 nitrogen and oxygen atoms in total. The first-order chi connectivity index (χ1) is 18.7. The molecular formula is C16H6F24O4. The Morgan fingerprint density at radius 3 is 0.636 bits per heavy atom. The average Bonchev–Trinajstić information content (AvgIpc) is 2.84. The summed E-state index contributed by atoms with van der Waals surface area (Å²) in [4.78, 5) is 22.3. The van der Waals surface area contributed by atoms with E-state index in [4.69, 9.17) is 0 Å². The molecule has 28 heteroatoms. The third kappa shape index (κ3) is 4.56. The van der Waals surface area contributed by atoms with Gasteiger partial charge in [0.15, 0.2) is 0 Å². The zero-order valence-electron chi connectivity index (χ0n) is 19.7. The number of alkyl halides is 24. The molecular weight excluding hydrogens is 712 g/mol. The second kappa shape index (κ2) is 10.4. The number of methoxy groups -OCH3 is 2. The molecule has 0 saturated heterocycles. The summed E-state index contributed by atoms with van der Waals surface area (Å²) in [6.45, 7) is 0. The monoisotopic (exact) mass is 718 g/mol. The van der Waals surface area contributed by atoms with E-state index in [1.165, 1.54) is 0 Å². The third-order valence-corrected chi connectivity index (χ3v) is 5.27. The summed E-state index contributed by atoms with van der Waals surface area (Å²) in [5.41, 5.74) is -6.89. The predicted molar refractivity (Wildman–Crippen MR) is 83.4 cm³/mol. The summed E-state index contributed by atoms with van der Waals surface area (Å²) < 4.78 is 329. The van der Waals surface area contributed by atoms with E-state index < -0.39 is 83.0 Å². The molecule has 0 N–H and O–H groups in total. The lowest BCUT2D eigenvalue weighted by Crippen LogP contribution is -2.79. The van der Waals surface area contributed by atoms with Gasteiger partial charge in [0.1, 0.15) is 0 Å². The zero-order valence-corrected chi connectivity index (χ0v) is 19.7. The maximum absolute atomic E-state index is 14.4. The quantitative estimate of drug-likeness (QED) is 0.125. The lowest BCUT2D eigenvalue weighted by Gasteiger charge is -2.45. The Hall–Kier alpha value is -2.74. The standard InChI is InChI=1S/C16H6F24O4/c1-43-3(41)5(17,4(42)44-2)6(18,19)7(20,21)8(22,23)9(24,25)10(26,27)11(28,29)12(30,31)13(32,33)14(34,35)15(36,37)16(38,39)40/h1-2H3. The van der Waals surface area contributed by atoms with Crippen LogP contribution in [0.25, 0.3) is 0 Å². The highest BCUT2D eigenvalue weighted by atomic mass is 19.4.